The number of carbonyl (C=O) groups is 10. The molecule has 0 aromatic heterocycles. The lowest BCUT2D eigenvalue weighted by molar-refractivity contribution is -0.165. The van der Waals surface area contributed by atoms with Crippen molar-refractivity contribution in [2.75, 3.05) is 39.3 Å². The molecule has 4 saturated heterocycles. The van der Waals surface area contributed by atoms with Crippen LogP contribution in [0.3, 0.4) is 0 Å². The highest BCUT2D eigenvalue weighted by atomic mass is 16.4. The molecule has 0 spiro atoms. The van der Waals surface area contributed by atoms with Crippen molar-refractivity contribution in [3.05, 3.63) is 0 Å². The molecule has 4 aliphatic rings. The number of nitrogens with zero attached hydrogens (tertiary/aromatic N) is 5. The van der Waals surface area contributed by atoms with Gasteiger partial charge < -0.3 is 84.2 Å². The van der Waals surface area contributed by atoms with Crippen LogP contribution in [0.2, 0.25) is 0 Å². The molecule has 0 aromatic rings. The van der Waals surface area contributed by atoms with Crippen LogP contribution in [-0.4, -0.2) is 211 Å². The fourth-order valence-corrected chi connectivity index (χ4v) is 7.96. The summed E-state index contributed by atoms with van der Waals surface area (Å²) < 4.78 is 0. The second-order valence-electron chi connectivity index (χ2n) is 16.8. The number of nitrogens with one attached hydrogen (secondary N) is 4. The number of hydrogen-bond acceptors (Lipinski definition) is 15. The van der Waals surface area contributed by atoms with Crippen LogP contribution in [0.1, 0.15) is 71.6 Å². The summed E-state index contributed by atoms with van der Waals surface area (Å²) in [6.07, 6.45) is -2.03. The van der Waals surface area contributed by atoms with Gasteiger partial charge in [0.15, 0.2) is 5.96 Å². The van der Waals surface area contributed by atoms with Crippen LogP contribution in [0, 0.1) is 0 Å². The molecule has 27 heteroatoms. The van der Waals surface area contributed by atoms with E-state index in [4.69, 9.17) is 22.9 Å². The Labute approximate surface area is 379 Å². The molecule has 368 valence electrons. The van der Waals surface area contributed by atoms with Gasteiger partial charge in [0.25, 0.3) is 0 Å². The number of nitrogens with two attached hydrogens (primary N) is 4. The van der Waals surface area contributed by atoms with E-state index in [0.29, 0.717) is 6.42 Å². The highest BCUT2D eigenvalue weighted by Gasteiger charge is 2.50. The Balaban J connectivity index is 1.39. The molecule has 27 nitrogen and oxygen atoms in total. The second kappa shape index (κ2) is 23.3. The second-order valence-corrected chi connectivity index (χ2v) is 16.8. The Kier molecular flexibility index (Phi) is 18.5. The average molecular weight is 938 g/mol. The van der Waals surface area contributed by atoms with Crippen LogP contribution in [0.5, 0.6) is 0 Å². The summed E-state index contributed by atoms with van der Waals surface area (Å²) in [4.78, 5) is 139. The molecule has 66 heavy (non-hydrogen) atoms. The van der Waals surface area contributed by atoms with E-state index in [1.165, 1.54) is 28.5 Å². The first-order valence-electron chi connectivity index (χ1n) is 21.8. The van der Waals surface area contributed by atoms with Crippen LogP contribution in [0.25, 0.3) is 0 Å². The smallest absolute Gasteiger partial charge is 0.326 e. The van der Waals surface area contributed by atoms with Crippen molar-refractivity contribution in [2.45, 2.75) is 138 Å². The minimum atomic E-state index is -1.61. The SMILES string of the molecule is C[C@@H](O)[C@H](N)C(=O)N1CCC1C(=O)N[C@@H](CCCN=C(N)N)C(=O)N[C@H](C(=O)N1CCC1C(=O)N1CCC1C(=O)N1CCC[C@H]1C(=O)N[C@@H](CO)C(=O)N[C@@H](CCC(N)=O)C(=O)O)[C@@H](C)O. The van der Waals surface area contributed by atoms with Gasteiger partial charge >= 0.3 is 5.97 Å². The maximum Gasteiger partial charge on any atom is 0.326 e. The van der Waals surface area contributed by atoms with Gasteiger partial charge in [0.1, 0.15) is 54.4 Å². The zero-order valence-electron chi connectivity index (χ0n) is 36.9. The number of likely N-dealkylation sites (tertiary alicyclic amines) is 4. The maximum atomic E-state index is 13.9. The summed E-state index contributed by atoms with van der Waals surface area (Å²) in [6.45, 7) is 2.22. The van der Waals surface area contributed by atoms with Crippen molar-refractivity contribution in [2.24, 2.45) is 27.9 Å². The van der Waals surface area contributed by atoms with Crippen molar-refractivity contribution in [3.8, 4) is 0 Å². The maximum absolute atomic E-state index is 13.9. The molecule has 9 amide bonds. The van der Waals surface area contributed by atoms with E-state index in [0.717, 1.165) is 4.90 Å². The van der Waals surface area contributed by atoms with Gasteiger partial charge in [-0.25, -0.2) is 4.79 Å². The third-order valence-electron chi connectivity index (χ3n) is 12.2. The zero-order valence-corrected chi connectivity index (χ0v) is 36.9. The lowest BCUT2D eigenvalue weighted by Gasteiger charge is -2.49. The minimum Gasteiger partial charge on any atom is -0.480 e. The van der Waals surface area contributed by atoms with Gasteiger partial charge in [0, 0.05) is 39.1 Å². The lowest BCUT2D eigenvalue weighted by Crippen LogP contribution is -2.69. The minimum absolute atomic E-state index is 0.0398. The molecule has 11 atom stereocenters. The van der Waals surface area contributed by atoms with E-state index >= 15 is 0 Å². The molecular weight excluding hydrogens is 875 g/mol. The first-order chi connectivity index (χ1) is 31.1. The van der Waals surface area contributed by atoms with Gasteiger partial charge in [-0.1, -0.05) is 0 Å². The van der Waals surface area contributed by atoms with E-state index in [2.05, 4.69) is 26.3 Å². The van der Waals surface area contributed by atoms with Gasteiger partial charge in [0.05, 0.1) is 18.8 Å². The number of aliphatic imine (C=N–C) groups is 1. The van der Waals surface area contributed by atoms with Crippen LogP contribution in [-0.2, 0) is 47.9 Å². The number of aliphatic carboxylic acids is 1. The number of carbonyl (C=O) groups excluding carboxylic acids is 9. The number of aliphatic hydroxyl groups excluding tert-OH is 3. The molecule has 4 heterocycles. The van der Waals surface area contributed by atoms with Gasteiger partial charge in [-0.3, -0.25) is 48.1 Å². The number of primary amides is 1. The molecule has 16 N–H and O–H groups in total. The number of rotatable bonds is 23. The zero-order chi connectivity index (χ0) is 49.2. The predicted molar refractivity (Wildman–Crippen MR) is 227 cm³/mol. The molecule has 0 saturated carbocycles. The predicted octanol–water partition coefficient (Wildman–Crippen LogP) is -7.80. The Morgan fingerprint density at radius 1 is 0.636 bits per heavy atom. The topological polar surface area (TPSA) is 429 Å². The van der Waals surface area contributed by atoms with Crippen LogP contribution in [0.15, 0.2) is 4.99 Å². The number of aliphatic hydroxyl groups is 3. The first-order valence-corrected chi connectivity index (χ1v) is 21.8. The van der Waals surface area contributed by atoms with Crippen molar-refractivity contribution in [1.82, 2.24) is 40.9 Å². The average Bonchev–Trinajstić information content (AvgIpc) is 3.70. The van der Waals surface area contributed by atoms with E-state index in [1.807, 2.05) is 0 Å². The highest BCUT2D eigenvalue weighted by Crippen LogP contribution is 2.30. The third-order valence-corrected chi connectivity index (χ3v) is 12.2. The normalized spacial score (nSPS) is 23.1. The monoisotopic (exact) mass is 937 g/mol. The third kappa shape index (κ3) is 12.8. The molecule has 3 unspecified atom stereocenters. The van der Waals surface area contributed by atoms with E-state index in [-0.39, 0.29) is 90.0 Å². The Morgan fingerprint density at radius 2 is 1.15 bits per heavy atom. The van der Waals surface area contributed by atoms with Gasteiger partial charge in [-0.2, -0.15) is 0 Å². The molecule has 4 fully saturated rings. The molecule has 0 aliphatic carbocycles. The van der Waals surface area contributed by atoms with E-state index in [1.54, 1.807) is 0 Å². The summed E-state index contributed by atoms with van der Waals surface area (Å²) in [5, 5.41) is 49.4. The first kappa shape index (κ1) is 52.4. The van der Waals surface area contributed by atoms with Crippen molar-refractivity contribution < 1.29 is 68.4 Å². The van der Waals surface area contributed by atoms with E-state index < -0.39 is 132 Å². The molecule has 0 radical (unpaired) electrons. The van der Waals surface area contributed by atoms with Crippen molar-refractivity contribution >= 4 is 65.1 Å². The fraction of sp³-hybridized carbons (Fsp3) is 0.718. The van der Waals surface area contributed by atoms with Crippen molar-refractivity contribution in [1.29, 1.82) is 0 Å². The molecule has 4 aliphatic heterocycles. The molecule has 4 rings (SSSR count). The lowest BCUT2D eigenvalue weighted by atomic mass is 9.93. The summed E-state index contributed by atoms with van der Waals surface area (Å²) >= 11 is 0. The number of carboxylic acids is 1. The van der Waals surface area contributed by atoms with E-state index in [9.17, 15) is 68.4 Å². The van der Waals surface area contributed by atoms with Crippen molar-refractivity contribution in [3.63, 3.8) is 0 Å². The molecule has 0 aromatic carbocycles. The largest absolute Gasteiger partial charge is 0.480 e. The Hall–Kier alpha value is -6.19. The molecule has 0 bridgehead atoms. The Bertz CT molecular complexity index is 1900. The highest BCUT2D eigenvalue weighted by molar-refractivity contribution is 5.99. The molecular formula is C39H63N13O14. The summed E-state index contributed by atoms with van der Waals surface area (Å²) in [5.41, 5.74) is 21.7. The van der Waals surface area contributed by atoms with Gasteiger partial charge in [0.2, 0.25) is 53.2 Å². The summed E-state index contributed by atoms with van der Waals surface area (Å²) in [6, 6.07) is -11.5. The van der Waals surface area contributed by atoms with Crippen LogP contribution < -0.4 is 44.2 Å². The standard InChI is InChI=1S/C39H63N13O14/c1-18(54)28(41)36(63)50-14-9-24(50)33(60)45-20(5-3-12-44-39(42)43)30(57)48-29(19(2)55)37(64)52-16-11-26(52)35(62)51-15-10-25(51)34(61)49-13-4-6-23(49)32(59)47-22(17-53)31(58)46-21(38(65)66)7-8-27(40)56/h18-26,28-29,53-55H,3-17,41H2,1-2H3,(H2,40,56)(H,45,60)(H,46,58)(H,47,59)(H,48,57)(H,65,66)(H4,42,43,44)/t18-,19-,20+,21+,22+,23+,24?,25?,26?,28+,29+/m1/s1. The summed E-state index contributed by atoms with van der Waals surface area (Å²) in [7, 11) is 0. The van der Waals surface area contributed by atoms with Gasteiger partial charge in [-0.05, 0) is 65.2 Å². The Morgan fingerprint density at radius 3 is 1.64 bits per heavy atom. The van der Waals surface area contributed by atoms with Gasteiger partial charge in [-0.15, -0.1) is 0 Å². The number of hydrogen-bond donors (Lipinski definition) is 12. The quantitative estimate of drug-likeness (QED) is 0.0257. The number of guanidine groups is 1. The van der Waals surface area contributed by atoms with Crippen LogP contribution >= 0.6 is 0 Å². The fourth-order valence-electron chi connectivity index (χ4n) is 7.96. The van der Waals surface area contributed by atoms with Crippen LogP contribution in [0.4, 0.5) is 0 Å². The number of amides is 9. The summed E-state index contributed by atoms with van der Waals surface area (Å²) in [5.74, 6) is -8.57. The number of carboxylic acid groups (broad SMARTS) is 1.